The summed E-state index contributed by atoms with van der Waals surface area (Å²) in [7, 11) is 0. The summed E-state index contributed by atoms with van der Waals surface area (Å²) in [5, 5.41) is 3.47. The number of hydrogen-bond acceptors (Lipinski definition) is 6. The van der Waals surface area contributed by atoms with Crippen LogP contribution in [0.5, 0.6) is 5.75 Å². The molecule has 0 radical (unpaired) electrons. The van der Waals surface area contributed by atoms with Gasteiger partial charge in [0.25, 0.3) is 0 Å². The number of carbonyl (C=O) groups is 1. The van der Waals surface area contributed by atoms with Crippen LogP contribution in [-0.2, 0) is 33.7 Å². The minimum absolute atomic E-state index is 0.268. The van der Waals surface area contributed by atoms with Crippen LogP contribution < -0.4 is 10.1 Å². The van der Waals surface area contributed by atoms with Crippen LogP contribution in [0.25, 0.3) is 22.3 Å². The predicted octanol–water partition coefficient (Wildman–Crippen LogP) is 6.81. The molecule has 0 amide bonds. The maximum atomic E-state index is 13.7. The predicted molar refractivity (Wildman–Crippen MR) is 159 cm³/mol. The molecule has 1 aromatic heterocycles. The number of fused-ring (bicyclic) bond motifs is 2. The van der Waals surface area contributed by atoms with Gasteiger partial charge in [-0.3, -0.25) is 4.98 Å². The summed E-state index contributed by atoms with van der Waals surface area (Å²) >= 11 is 0. The summed E-state index contributed by atoms with van der Waals surface area (Å²) < 4.78 is 18.2. The third kappa shape index (κ3) is 5.93. The summed E-state index contributed by atoms with van der Waals surface area (Å²) in [5.41, 5.74) is 9.86. The van der Waals surface area contributed by atoms with Crippen molar-refractivity contribution < 1.29 is 19.0 Å². The average molecular weight is 543 g/mol. The van der Waals surface area contributed by atoms with Gasteiger partial charge in [-0.15, -0.1) is 0 Å². The van der Waals surface area contributed by atoms with Gasteiger partial charge in [-0.05, 0) is 120 Å². The molecule has 3 aromatic rings. The van der Waals surface area contributed by atoms with Crippen molar-refractivity contribution >= 4 is 5.97 Å². The minimum atomic E-state index is -0.932. The van der Waals surface area contributed by atoms with Crippen LogP contribution >= 0.6 is 0 Å². The Balaban J connectivity index is 1.80. The van der Waals surface area contributed by atoms with Crippen molar-refractivity contribution in [2.75, 3.05) is 13.2 Å². The molecule has 2 aliphatic heterocycles. The molecule has 2 aliphatic rings. The van der Waals surface area contributed by atoms with Gasteiger partial charge in [-0.1, -0.05) is 24.3 Å². The molecular weight excluding hydrogens is 500 g/mol. The second-order valence-electron chi connectivity index (χ2n) is 12.2. The van der Waals surface area contributed by atoms with Gasteiger partial charge in [-0.2, -0.15) is 0 Å². The molecule has 5 rings (SSSR count). The van der Waals surface area contributed by atoms with E-state index in [4.69, 9.17) is 19.2 Å². The Morgan fingerprint density at radius 2 is 1.68 bits per heavy atom. The first-order chi connectivity index (χ1) is 19.0. The Morgan fingerprint density at radius 1 is 0.950 bits per heavy atom. The fourth-order valence-corrected chi connectivity index (χ4v) is 5.86. The molecule has 1 unspecified atom stereocenters. The lowest BCUT2D eigenvalue weighted by atomic mass is 9.84. The lowest BCUT2D eigenvalue weighted by molar-refractivity contribution is -0.171. The SMILES string of the molecule is Cc1nc(C)c(C(OC(C)(C)C)C(=O)OC(C)C)c(-c2ccc3c(c2)CCCO3)c1-c1ccc2c(c1)CCNC2. The van der Waals surface area contributed by atoms with Crippen LogP contribution in [0.15, 0.2) is 36.4 Å². The van der Waals surface area contributed by atoms with Crippen molar-refractivity contribution in [2.24, 2.45) is 0 Å². The highest BCUT2D eigenvalue weighted by atomic mass is 16.6. The minimum Gasteiger partial charge on any atom is -0.493 e. The van der Waals surface area contributed by atoms with Gasteiger partial charge in [-0.25, -0.2) is 4.79 Å². The second-order valence-corrected chi connectivity index (χ2v) is 12.2. The fourth-order valence-electron chi connectivity index (χ4n) is 5.86. The third-order valence-corrected chi connectivity index (χ3v) is 7.48. The number of nitrogens with one attached hydrogen (secondary N) is 1. The molecule has 6 nitrogen and oxygen atoms in total. The molecular formula is C34H42N2O4. The van der Waals surface area contributed by atoms with Crippen molar-refractivity contribution in [3.63, 3.8) is 0 Å². The third-order valence-electron chi connectivity index (χ3n) is 7.48. The molecule has 40 heavy (non-hydrogen) atoms. The first-order valence-corrected chi connectivity index (χ1v) is 14.5. The topological polar surface area (TPSA) is 69.7 Å². The van der Waals surface area contributed by atoms with Crippen LogP contribution in [0.1, 0.15) is 80.8 Å². The normalized spacial score (nSPS) is 15.7. The van der Waals surface area contributed by atoms with Gasteiger partial charge in [0.2, 0.25) is 0 Å². The van der Waals surface area contributed by atoms with Gasteiger partial charge < -0.3 is 19.5 Å². The van der Waals surface area contributed by atoms with Crippen molar-refractivity contribution in [1.29, 1.82) is 0 Å². The van der Waals surface area contributed by atoms with Gasteiger partial charge in [0.1, 0.15) is 5.75 Å². The van der Waals surface area contributed by atoms with Crippen LogP contribution in [0, 0.1) is 13.8 Å². The van der Waals surface area contributed by atoms with Crippen molar-refractivity contribution in [2.45, 2.75) is 92.1 Å². The van der Waals surface area contributed by atoms with E-state index in [9.17, 15) is 4.79 Å². The van der Waals surface area contributed by atoms with Gasteiger partial charge in [0.15, 0.2) is 6.10 Å². The molecule has 1 atom stereocenters. The standard InChI is InChI=1S/C34H42N2O4/c1-20(2)39-33(37)32(40-34(5,6)7)30-22(4)36-21(3)29(25-10-11-27-19-35-15-14-23(27)17-25)31(30)26-12-13-28-24(18-26)9-8-16-38-28/h10-13,17-18,20,32,35H,8-9,14-16,19H2,1-7H3. The highest BCUT2D eigenvalue weighted by Crippen LogP contribution is 2.44. The zero-order valence-electron chi connectivity index (χ0n) is 24.9. The van der Waals surface area contributed by atoms with E-state index >= 15 is 0 Å². The van der Waals surface area contributed by atoms with E-state index in [0.717, 1.165) is 83.9 Å². The van der Waals surface area contributed by atoms with E-state index in [2.05, 4.69) is 48.6 Å². The molecule has 2 aromatic carbocycles. The number of pyridine rings is 1. The van der Waals surface area contributed by atoms with Crippen LogP contribution in [-0.4, -0.2) is 35.8 Å². The number of benzene rings is 2. The maximum Gasteiger partial charge on any atom is 0.340 e. The zero-order chi connectivity index (χ0) is 28.6. The number of rotatable bonds is 6. The second kappa shape index (κ2) is 11.3. The summed E-state index contributed by atoms with van der Waals surface area (Å²) in [6.45, 7) is 16.2. The Kier molecular flexibility index (Phi) is 8.03. The molecule has 0 spiro atoms. The van der Waals surface area contributed by atoms with E-state index in [1.807, 2.05) is 41.5 Å². The highest BCUT2D eigenvalue weighted by Gasteiger charge is 2.35. The van der Waals surface area contributed by atoms with Crippen LogP contribution in [0.2, 0.25) is 0 Å². The summed E-state index contributed by atoms with van der Waals surface area (Å²) in [5.74, 6) is 0.535. The first kappa shape index (κ1) is 28.3. The van der Waals surface area contributed by atoms with Crippen LogP contribution in [0.4, 0.5) is 0 Å². The Bertz CT molecular complexity index is 1420. The molecule has 212 valence electrons. The number of carbonyl (C=O) groups excluding carboxylic acids is 1. The molecule has 1 N–H and O–H groups in total. The molecule has 0 saturated carbocycles. The number of nitrogens with zero attached hydrogens (tertiary/aromatic N) is 1. The highest BCUT2D eigenvalue weighted by molar-refractivity contribution is 5.92. The van der Waals surface area contributed by atoms with Gasteiger partial charge >= 0.3 is 5.97 Å². The Labute approximate surface area is 238 Å². The van der Waals surface area contributed by atoms with E-state index < -0.39 is 17.7 Å². The zero-order valence-corrected chi connectivity index (χ0v) is 24.9. The Morgan fingerprint density at radius 3 is 2.42 bits per heavy atom. The number of esters is 1. The number of aromatic nitrogens is 1. The lowest BCUT2D eigenvalue weighted by Crippen LogP contribution is -2.31. The number of hydrogen-bond donors (Lipinski definition) is 1. The quantitative estimate of drug-likeness (QED) is 0.345. The molecule has 0 bridgehead atoms. The first-order valence-electron chi connectivity index (χ1n) is 14.5. The average Bonchev–Trinajstić information content (AvgIpc) is 2.90. The van der Waals surface area contributed by atoms with E-state index in [1.54, 1.807) is 0 Å². The fraction of sp³-hybridized carbons (Fsp3) is 0.471. The molecule has 0 saturated heterocycles. The molecule has 0 fully saturated rings. The smallest absolute Gasteiger partial charge is 0.340 e. The summed E-state index contributed by atoms with van der Waals surface area (Å²) in [6.07, 6.45) is 1.73. The lowest BCUT2D eigenvalue weighted by Gasteiger charge is -2.31. The molecule has 0 aliphatic carbocycles. The van der Waals surface area contributed by atoms with E-state index in [0.29, 0.717) is 0 Å². The van der Waals surface area contributed by atoms with Crippen molar-refractivity contribution in [1.82, 2.24) is 10.3 Å². The maximum absolute atomic E-state index is 13.7. The van der Waals surface area contributed by atoms with Crippen molar-refractivity contribution in [3.8, 4) is 28.0 Å². The van der Waals surface area contributed by atoms with Gasteiger partial charge in [0, 0.05) is 29.1 Å². The molecule has 3 heterocycles. The summed E-state index contributed by atoms with van der Waals surface area (Å²) in [4.78, 5) is 18.7. The number of ether oxygens (including phenoxy) is 3. The van der Waals surface area contributed by atoms with E-state index in [-0.39, 0.29) is 6.10 Å². The number of aryl methyl sites for hydroxylation is 3. The van der Waals surface area contributed by atoms with Gasteiger partial charge in [0.05, 0.1) is 18.3 Å². The van der Waals surface area contributed by atoms with E-state index in [1.165, 1.54) is 16.7 Å². The molecule has 6 heteroatoms. The Hall–Kier alpha value is -3.22. The largest absolute Gasteiger partial charge is 0.493 e. The summed E-state index contributed by atoms with van der Waals surface area (Å²) in [6, 6.07) is 13.1. The van der Waals surface area contributed by atoms with Crippen LogP contribution in [0.3, 0.4) is 0 Å². The monoisotopic (exact) mass is 542 g/mol. The van der Waals surface area contributed by atoms with Crippen molar-refractivity contribution in [3.05, 3.63) is 70.0 Å².